The van der Waals surface area contributed by atoms with Crippen molar-refractivity contribution in [3.05, 3.63) is 53.6 Å². The first-order chi connectivity index (χ1) is 29.8. The molecule has 0 aromatic carbocycles. The number of pyridine rings is 1. The van der Waals surface area contributed by atoms with Crippen LogP contribution in [-0.2, 0) is 59.5 Å². The zero-order valence-corrected chi connectivity index (χ0v) is 38.0. The predicted octanol–water partition coefficient (Wildman–Crippen LogP) is 4.58. The van der Waals surface area contributed by atoms with Gasteiger partial charge in [-0.15, -0.1) is 5.06 Å². The molecule has 0 atom stereocenters. The number of hydroxylamine groups is 2. The van der Waals surface area contributed by atoms with Gasteiger partial charge in [0, 0.05) is 57.0 Å². The van der Waals surface area contributed by atoms with Crippen LogP contribution in [0.3, 0.4) is 0 Å². The summed E-state index contributed by atoms with van der Waals surface area (Å²) in [6.07, 6.45) is 2.40. The molecule has 23 heteroatoms. The van der Waals surface area contributed by atoms with E-state index in [1.807, 2.05) is 12.3 Å². The molecule has 21 nitrogen and oxygen atoms in total. The minimum atomic E-state index is -3.64. The smallest absolute Gasteiger partial charge is 0.355 e. The van der Waals surface area contributed by atoms with E-state index in [1.165, 1.54) is 0 Å². The maximum atomic E-state index is 13.7. The Balaban J connectivity index is 1.52. The Morgan fingerprint density at radius 1 is 0.742 bits per heavy atom. The largest absolute Gasteiger partial charge is 0.432 e. The fraction of sp³-hybridized carbons (Fsp3) is 0.564. The highest BCUT2D eigenvalue weighted by Crippen LogP contribution is 2.53. The standard InChI is InChI=1S/C39H58N10O11P2/c1-7-45(8-2)27-32-19-23-47(43-32)34-25-31(15-13-16-36(50)40-21-14-22-41-39(53)60-49-37(51)17-18-38(49)52)26-35(42-34)48-24-20-33(44-48)28-46(29-61(54,56-9-3)57-10-4)30-62(55,58-11-5)59-12-6/h19-20,23-26H,7-12,14,16-18,21-22,27-30H2,1-6H3,(H,40,50)(H,41,53). The average Bonchev–Trinajstić information content (AvgIpc) is 3.98. The number of carbonyl (C=O) groups excluding carboxylic acids is 4. The molecule has 1 aliphatic rings. The molecule has 0 radical (unpaired) electrons. The highest BCUT2D eigenvalue weighted by atomic mass is 31.2. The van der Waals surface area contributed by atoms with Crippen LogP contribution in [0.1, 0.15) is 84.2 Å². The summed E-state index contributed by atoms with van der Waals surface area (Å²) in [5.41, 5.74) is 1.90. The van der Waals surface area contributed by atoms with Crippen molar-refractivity contribution in [2.24, 2.45) is 0 Å². The number of hydrogen-bond acceptors (Lipinski definition) is 16. The van der Waals surface area contributed by atoms with Gasteiger partial charge in [0.2, 0.25) is 5.91 Å². The van der Waals surface area contributed by atoms with Gasteiger partial charge in [-0.1, -0.05) is 25.7 Å². The summed E-state index contributed by atoms with van der Waals surface area (Å²) in [7, 11) is -7.27. The number of nitrogens with zero attached hydrogens (tertiary/aromatic N) is 8. The second-order valence-corrected chi connectivity index (χ2v) is 17.7. The highest BCUT2D eigenvalue weighted by Gasteiger charge is 2.35. The lowest BCUT2D eigenvalue weighted by atomic mass is 10.2. The molecular formula is C39H58N10O11P2. The van der Waals surface area contributed by atoms with Crippen LogP contribution in [0, 0.1) is 11.8 Å². The monoisotopic (exact) mass is 904 g/mol. The quantitative estimate of drug-likeness (QED) is 0.0486. The molecular weight excluding hydrogens is 846 g/mol. The lowest BCUT2D eigenvalue weighted by Crippen LogP contribution is -2.38. The summed E-state index contributed by atoms with van der Waals surface area (Å²) >= 11 is 0. The molecule has 340 valence electrons. The average molecular weight is 905 g/mol. The normalized spacial score (nSPS) is 13.2. The van der Waals surface area contributed by atoms with Gasteiger partial charge in [-0.2, -0.15) is 10.2 Å². The highest BCUT2D eigenvalue weighted by molar-refractivity contribution is 7.54. The molecule has 4 rings (SSSR count). The van der Waals surface area contributed by atoms with E-state index in [4.69, 9.17) is 38.1 Å². The molecule has 1 aliphatic heterocycles. The van der Waals surface area contributed by atoms with Gasteiger partial charge in [-0.25, -0.2) is 19.1 Å². The Morgan fingerprint density at radius 2 is 1.23 bits per heavy atom. The molecule has 0 spiro atoms. The van der Waals surface area contributed by atoms with E-state index in [0.717, 1.165) is 18.8 Å². The van der Waals surface area contributed by atoms with Crippen molar-refractivity contribution in [3.63, 3.8) is 0 Å². The van der Waals surface area contributed by atoms with E-state index >= 15 is 0 Å². The SMILES string of the molecule is CCOP(=O)(CN(Cc1ccn(-c2cc(C#CCC(=O)NCCCNC(=O)ON3C(=O)CCC3=O)cc(-n3ccc(CN(CC)CC)n3)n2)n1)CP(=O)(OCC)OCC)OCC. The third-order valence-corrected chi connectivity index (χ3v) is 13.0. The van der Waals surface area contributed by atoms with E-state index in [2.05, 4.69) is 41.2 Å². The van der Waals surface area contributed by atoms with E-state index in [1.54, 1.807) is 66.4 Å². The molecule has 1 fully saturated rings. The van der Waals surface area contributed by atoms with Gasteiger partial charge in [0.05, 0.1) is 44.2 Å². The van der Waals surface area contributed by atoms with E-state index < -0.39 is 33.1 Å². The first-order valence-electron chi connectivity index (χ1n) is 20.7. The first-order valence-corrected chi connectivity index (χ1v) is 24.1. The van der Waals surface area contributed by atoms with Gasteiger partial charge in [-0.3, -0.25) is 33.3 Å². The van der Waals surface area contributed by atoms with Crippen molar-refractivity contribution in [1.29, 1.82) is 0 Å². The summed E-state index contributed by atoms with van der Waals surface area (Å²) in [5, 5.41) is 15.2. The van der Waals surface area contributed by atoms with Crippen LogP contribution in [-0.4, -0.2) is 128 Å². The molecule has 62 heavy (non-hydrogen) atoms. The first kappa shape index (κ1) is 49.9. The Kier molecular flexibility index (Phi) is 19.9. The number of amides is 4. The second kappa shape index (κ2) is 24.8. The van der Waals surface area contributed by atoms with Crippen molar-refractivity contribution in [3.8, 4) is 23.5 Å². The van der Waals surface area contributed by atoms with Gasteiger partial charge >= 0.3 is 21.3 Å². The zero-order chi connectivity index (χ0) is 45.1. The van der Waals surface area contributed by atoms with Crippen LogP contribution in [0.5, 0.6) is 0 Å². The molecule has 0 unspecified atom stereocenters. The van der Waals surface area contributed by atoms with Crippen LogP contribution >= 0.6 is 15.2 Å². The van der Waals surface area contributed by atoms with E-state index in [0.29, 0.717) is 40.9 Å². The lowest BCUT2D eigenvalue weighted by Gasteiger charge is -2.29. The van der Waals surface area contributed by atoms with Crippen molar-refractivity contribution in [2.75, 3.05) is 65.2 Å². The van der Waals surface area contributed by atoms with E-state index in [-0.39, 0.29) is 83.8 Å². The fourth-order valence-corrected chi connectivity index (χ4v) is 9.68. The van der Waals surface area contributed by atoms with Crippen molar-refractivity contribution < 1.29 is 51.2 Å². The van der Waals surface area contributed by atoms with Crippen LogP contribution in [0.2, 0.25) is 0 Å². The molecule has 3 aromatic heterocycles. The van der Waals surface area contributed by atoms with E-state index in [9.17, 15) is 28.3 Å². The van der Waals surface area contributed by atoms with Gasteiger partial charge < -0.3 is 33.6 Å². The van der Waals surface area contributed by atoms with Crippen LogP contribution in [0.4, 0.5) is 4.79 Å². The lowest BCUT2D eigenvalue weighted by molar-refractivity contribution is -0.171. The summed E-state index contributed by atoms with van der Waals surface area (Å²) in [6.45, 7) is 14.4. The summed E-state index contributed by atoms with van der Waals surface area (Å²) in [4.78, 5) is 61.3. The minimum absolute atomic E-state index is 0.00588. The number of aromatic nitrogens is 5. The topological polar surface area (TPSA) is 231 Å². The molecule has 0 aliphatic carbocycles. The Labute approximate surface area is 362 Å². The Bertz CT molecular complexity index is 2060. The number of nitrogens with one attached hydrogen (secondary N) is 2. The summed E-state index contributed by atoms with van der Waals surface area (Å²) in [6, 6.07) is 7.14. The molecule has 0 bridgehead atoms. The molecule has 2 N–H and O–H groups in total. The molecule has 1 saturated heterocycles. The van der Waals surface area contributed by atoms with Crippen molar-refractivity contribution in [2.45, 2.75) is 80.3 Å². The summed E-state index contributed by atoms with van der Waals surface area (Å²) in [5.74, 6) is 5.31. The third-order valence-electron chi connectivity index (χ3n) is 8.88. The predicted molar refractivity (Wildman–Crippen MR) is 227 cm³/mol. The molecule has 0 saturated carbocycles. The van der Waals surface area contributed by atoms with Crippen molar-refractivity contribution >= 4 is 39.0 Å². The van der Waals surface area contributed by atoms with Crippen molar-refractivity contribution in [1.82, 2.24) is 50.0 Å². The van der Waals surface area contributed by atoms with Gasteiger partial charge in [0.25, 0.3) is 11.8 Å². The number of hydrogen-bond donors (Lipinski definition) is 2. The van der Waals surface area contributed by atoms with Gasteiger partial charge in [-0.05, 0) is 71.5 Å². The number of carbonyl (C=O) groups is 4. The van der Waals surface area contributed by atoms with Gasteiger partial charge in [0.15, 0.2) is 11.6 Å². The summed E-state index contributed by atoms with van der Waals surface area (Å²) < 4.78 is 52.8. The number of imide groups is 1. The maximum Gasteiger partial charge on any atom is 0.432 e. The Hall–Kier alpha value is -4.77. The van der Waals surface area contributed by atoms with Gasteiger partial charge in [0.1, 0.15) is 12.6 Å². The van der Waals surface area contributed by atoms with Crippen LogP contribution in [0.25, 0.3) is 11.6 Å². The Morgan fingerprint density at radius 3 is 1.71 bits per heavy atom. The minimum Gasteiger partial charge on any atom is -0.355 e. The third kappa shape index (κ3) is 15.5. The maximum absolute atomic E-state index is 13.7. The van der Waals surface area contributed by atoms with Crippen LogP contribution in [0.15, 0.2) is 36.7 Å². The fourth-order valence-electron chi connectivity index (χ4n) is 6.09. The zero-order valence-electron chi connectivity index (χ0n) is 36.2. The second-order valence-electron chi connectivity index (χ2n) is 13.6. The number of rotatable bonds is 26. The molecule has 4 amide bonds. The molecule has 3 aromatic rings. The molecule has 4 heterocycles. The van der Waals surface area contributed by atoms with Crippen LogP contribution < -0.4 is 10.6 Å².